The fourth-order valence-electron chi connectivity index (χ4n) is 1.75. The van der Waals surface area contributed by atoms with Crippen LogP contribution in [0, 0.1) is 0 Å². The van der Waals surface area contributed by atoms with E-state index in [9.17, 15) is 0 Å². The van der Waals surface area contributed by atoms with Crippen molar-refractivity contribution in [3.63, 3.8) is 0 Å². The van der Waals surface area contributed by atoms with Crippen molar-refractivity contribution in [3.8, 4) is 0 Å². The van der Waals surface area contributed by atoms with Gasteiger partial charge in [0.25, 0.3) is 0 Å². The average Bonchev–Trinajstić information content (AvgIpc) is 2.53. The summed E-state index contributed by atoms with van der Waals surface area (Å²) >= 11 is 2.01. The molecule has 0 bridgehead atoms. The second kappa shape index (κ2) is 5.84. The molecule has 0 radical (unpaired) electrons. The van der Waals surface area contributed by atoms with Crippen LogP contribution >= 0.6 is 11.8 Å². The van der Waals surface area contributed by atoms with Crippen LogP contribution < -0.4 is 11.1 Å². The molecule has 0 heterocycles. The summed E-state index contributed by atoms with van der Waals surface area (Å²) in [5.74, 6) is 0. The van der Waals surface area contributed by atoms with Crippen LogP contribution in [0.4, 0.5) is 0 Å². The lowest BCUT2D eigenvalue weighted by Crippen LogP contribution is -2.28. The Bertz CT molecular complexity index is 119. The minimum absolute atomic E-state index is 0.772. The van der Waals surface area contributed by atoms with E-state index in [-0.39, 0.29) is 0 Å². The third-order valence-electron chi connectivity index (χ3n) is 2.53. The Labute approximate surface area is 79.7 Å². The van der Waals surface area contributed by atoms with E-state index in [1.54, 1.807) is 0 Å². The van der Waals surface area contributed by atoms with E-state index in [2.05, 4.69) is 11.6 Å². The van der Waals surface area contributed by atoms with E-state index in [0.717, 1.165) is 30.8 Å². The molecule has 72 valence electrons. The monoisotopic (exact) mass is 188 g/mol. The predicted octanol–water partition coefficient (Wildman–Crippen LogP) is 1.21. The quantitative estimate of drug-likeness (QED) is 0.637. The lowest BCUT2D eigenvalue weighted by molar-refractivity contribution is 0.518. The molecular formula is C9H20N2S. The molecule has 0 aromatic carbocycles. The second-order valence-corrected chi connectivity index (χ2v) is 4.60. The largest absolute Gasteiger partial charge is 0.330 e. The lowest BCUT2D eigenvalue weighted by Gasteiger charge is -2.11. The van der Waals surface area contributed by atoms with Crippen molar-refractivity contribution < 1.29 is 0 Å². The Kier molecular flexibility index (Phi) is 5.04. The van der Waals surface area contributed by atoms with Crippen LogP contribution in [-0.2, 0) is 0 Å². The van der Waals surface area contributed by atoms with Crippen LogP contribution in [-0.4, -0.2) is 30.6 Å². The SMILES string of the molecule is CSC1CCC(NCCCN)C1. The zero-order valence-corrected chi connectivity index (χ0v) is 8.70. The van der Waals surface area contributed by atoms with Gasteiger partial charge < -0.3 is 11.1 Å². The first kappa shape index (κ1) is 10.4. The molecule has 2 unspecified atom stereocenters. The maximum atomic E-state index is 5.42. The molecule has 1 saturated carbocycles. The number of rotatable bonds is 5. The van der Waals surface area contributed by atoms with Crippen molar-refractivity contribution in [1.82, 2.24) is 5.32 Å². The van der Waals surface area contributed by atoms with Crippen molar-refractivity contribution in [2.24, 2.45) is 5.73 Å². The first-order valence-electron chi connectivity index (χ1n) is 4.83. The molecule has 0 spiro atoms. The summed E-state index contributed by atoms with van der Waals surface area (Å²) in [6.45, 7) is 1.91. The smallest absolute Gasteiger partial charge is 0.00780 e. The Morgan fingerprint density at radius 3 is 2.92 bits per heavy atom. The van der Waals surface area contributed by atoms with Crippen molar-refractivity contribution >= 4 is 11.8 Å². The predicted molar refractivity (Wildman–Crippen MR) is 56.6 cm³/mol. The van der Waals surface area contributed by atoms with Gasteiger partial charge in [0.15, 0.2) is 0 Å². The van der Waals surface area contributed by atoms with E-state index in [4.69, 9.17) is 5.73 Å². The average molecular weight is 188 g/mol. The molecule has 3 heteroatoms. The molecule has 0 aromatic rings. The topological polar surface area (TPSA) is 38.0 Å². The maximum Gasteiger partial charge on any atom is 0.00780 e. The zero-order chi connectivity index (χ0) is 8.81. The Hall–Kier alpha value is 0.270. The highest BCUT2D eigenvalue weighted by atomic mass is 32.2. The zero-order valence-electron chi connectivity index (χ0n) is 7.88. The van der Waals surface area contributed by atoms with Gasteiger partial charge in [0.2, 0.25) is 0 Å². The molecule has 0 amide bonds. The van der Waals surface area contributed by atoms with Crippen molar-refractivity contribution in [2.75, 3.05) is 19.3 Å². The van der Waals surface area contributed by atoms with Crippen LogP contribution in [0.3, 0.4) is 0 Å². The van der Waals surface area contributed by atoms with E-state index < -0.39 is 0 Å². The highest BCUT2D eigenvalue weighted by Gasteiger charge is 2.22. The molecule has 2 nitrogen and oxygen atoms in total. The van der Waals surface area contributed by atoms with Gasteiger partial charge in [0.05, 0.1) is 0 Å². The Morgan fingerprint density at radius 1 is 1.50 bits per heavy atom. The molecule has 0 aliphatic heterocycles. The molecular weight excluding hydrogens is 168 g/mol. The second-order valence-electron chi connectivity index (χ2n) is 3.46. The highest BCUT2D eigenvalue weighted by Crippen LogP contribution is 2.27. The van der Waals surface area contributed by atoms with Crippen LogP contribution in [0.25, 0.3) is 0 Å². The minimum atomic E-state index is 0.772. The first-order valence-corrected chi connectivity index (χ1v) is 6.12. The summed E-state index contributed by atoms with van der Waals surface area (Å²) in [5.41, 5.74) is 5.42. The van der Waals surface area contributed by atoms with Crippen molar-refractivity contribution in [3.05, 3.63) is 0 Å². The van der Waals surface area contributed by atoms with Crippen LogP contribution in [0.5, 0.6) is 0 Å². The lowest BCUT2D eigenvalue weighted by atomic mass is 10.2. The number of hydrogen-bond acceptors (Lipinski definition) is 3. The van der Waals surface area contributed by atoms with E-state index in [1.165, 1.54) is 19.3 Å². The fraction of sp³-hybridized carbons (Fsp3) is 1.00. The molecule has 1 rings (SSSR count). The molecule has 2 atom stereocenters. The van der Waals surface area contributed by atoms with E-state index >= 15 is 0 Å². The third kappa shape index (κ3) is 3.33. The van der Waals surface area contributed by atoms with E-state index in [1.807, 2.05) is 11.8 Å². The molecule has 3 N–H and O–H groups in total. The van der Waals surface area contributed by atoms with Gasteiger partial charge in [-0.1, -0.05) is 0 Å². The van der Waals surface area contributed by atoms with Gasteiger partial charge in [-0.15, -0.1) is 0 Å². The van der Waals surface area contributed by atoms with Gasteiger partial charge in [0, 0.05) is 11.3 Å². The van der Waals surface area contributed by atoms with Gasteiger partial charge in [-0.2, -0.15) is 11.8 Å². The summed E-state index contributed by atoms with van der Waals surface area (Å²) in [7, 11) is 0. The van der Waals surface area contributed by atoms with Crippen molar-refractivity contribution in [2.45, 2.75) is 37.0 Å². The first-order chi connectivity index (χ1) is 5.86. The molecule has 0 saturated heterocycles. The van der Waals surface area contributed by atoms with Gasteiger partial charge in [-0.25, -0.2) is 0 Å². The highest BCUT2D eigenvalue weighted by molar-refractivity contribution is 7.99. The molecule has 1 aliphatic carbocycles. The van der Waals surface area contributed by atoms with Crippen LogP contribution in [0.15, 0.2) is 0 Å². The summed E-state index contributed by atoms with van der Waals surface area (Å²) in [6.07, 6.45) is 7.43. The number of nitrogens with one attached hydrogen (secondary N) is 1. The van der Waals surface area contributed by atoms with Crippen molar-refractivity contribution in [1.29, 1.82) is 0 Å². The molecule has 0 aromatic heterocycles. The third-order valence-corrected chi connectivity index (χ3v) is 3.63. The molecule has 12 heavy (non-hydrogen) atoms. The van der Waals surface area contributed by atoms with Gasteiger partial charge in [-0.05, 0) is 45.0 Å². The maximum absolute atomic E-state index is 5.42. The summed E-state index contributed by atoms with van der Waals surface area (Å²) in [4.78, 5) is 0. The van der Waals surface area contributed by atoms with Crippen LogP contribution in [0.1, 0.15) is 25.7 Å². The normalized spacial score (nSPS) is 29.5. The summed E-state index contributed by atoms with van der Waals surface area (Å²) in [6, 6.07) is 0.772. The molecule has 1 fully saturated rings. The number of nitrogens with two attached hydrogens (primary N) is 1. The van der Waals surface area contributed by atoms with E-state index in [0.29, 0.717) is 0 Å². The molecule has 1 aliphatic rings. The summed E-state index contributed by atoms with van der Waals surface area (Å²) < 4.78 is 0. The minimum Gasteiger partial charge on any atom is -0.330 e. The van der Waals surface area contributed by atoms with Gasteiger partial charge in [0.1, 0.15) is 0 Å². The Morgan fingerprint density at radius 2 is 2.33 bits per heavy atom. The van der Waals surface area contributed by atoms with Gasteiger partial charge >= 0.3 is 0 Å². The standard InChI is InChI=1S/C9H20N2S/c1-12-9-4-3-8(7-9)11-6-2-5-10/h8-9,11H,2-7,10H2,1H3. The van der Waals surface area contributed by atoms with Crippen LogP contribution in [0.2, 0.25) is 0 Å². The van der Waals surface area contributed by atoms with Gasteiger partial charge in [-0.3, -0.25) is 0 Å². The summed E-state index contributed by atoms with van der Waals surface area (Å²) in [5, 5.41) is 4.46. The number of hydrogen-bond donors (Lipinski definition) is 2. The fourth-order valence-corrected chi connectivity index (χ4v) is 2.54. The number of thioether (sulfide) groups is 1. The Balaban J connectivity index is 2.03.